The van der Waals surface area contributed by atoms with Crippen molar-refractivity contribution >= 4 is 34.6 Å². The van der Waals surface area contributed by atoms with E-state index >= 15 is 0 Å². The molecule has 0 aliphatic carbocycles. The minimum Gasteiger partial charge on any atom is -0.480 e. The molecule has 3 atom stereocenters. The van der Waals surface area contributed by atoms with Crippen LogP contribution in [0.3, 0.4) is 0 Å². The van der Waals surface area contributed by atoms with Gasteiger partial charge >= 0.3 is 5.97 Å². The molecule has 2 aromatic rings. The monoisotopic (exact) mass is 517 g/mol. The van der Waals surface area contributed by atoms with Gasteiger partial charge in [0, 0.05) is 23.5 Å². The number of aliphatic carboxylic acids is 1. The van der Waals surface area contributed by atoms with Crippen LogP contribution in [-0.2, 0) is 25.6 Å². The maximum atomic E-state index is 13.2. The highest BCUT2D eigenvalue weighted by Gasteiger charge is 2.29. The number of rotatable bonds is 17. The molecule has 0 fully saturated rings. The number of carboxylic acids is 1. The molecule has 0 saturated heterocycles. The SMILES string of the molecule is NCCCCC(NC(=O)CN)C(=O)NC(CCCCN)C(=O)NC(Cc1c[nH]c2ccccc12)C(=O)O. The van der Waals surface area contributed by atoms with Crippen LogP contribution in [0.4, 0.5) is 0 Å². The lowest BCUT2D eigenvalue weighted by atomic mass is 10.0. The standard InChI is InChI=1S/C25H39N7O5/c26-11-5-3-9-19(30-22(33)14-28)23(34)31-20(10-4-6-12-27)24(35)32-21(25(36)37)13-16-15-29-18-8-2-1-7-17(16)18/h1-2,7-8,15,19-21,29H,3-6,9-14,26-28H2,(H,30,33)(H,31,34)(H,32,35)(H,36,37). The molecular weight excluding hydrogens is 478 g/mol. The molecule has 0 aliphatic heterocycles. The highest BCUT2D eigenvalue weighted by Crippen LogP contribution is 2.19. The number of nitrogens with two attached hydrogens (primary N) is 3. The third-order valence-corrected chi connectivity index (χ3v) is 6.08. The predicted molar refractivity (Wildman–Crippen MR) is 140 cm³/mol. The molecule has 204 valence electrons. The minimum absolute atomic E-state index is 0.0584. The number of nitrogens with one attached hydrogen (secondary N) is 4. The van der Waals surface area contributed by atoms with Crippen molar-refractivity contribution in [1.82, 2.24) is 20.9 Å². The number of benzene rings is 1. The quantitative estimate of drug-likeness (QED) is 0.127. The van der Waals surface area contributed by atoms with Gasteiger partial charge in [-0.1, -0.05) is 18.2 Å². The van der Waals surface area contributed by atoms with E-state index in [9.17, 15) is 24.3 Å². The second-order valence-corrected chi connectivity index (χ2v) is 8.92. The molecule has 3 unspecified atom stereocenters. The number of para-hydroxylation sites is 1. The Morgan fingerprint density at radius 2 is 1.38 bits per heavy atom. The first-order valence-corrected chi connectivity index (χ1v) is 12.6. The Kier molecular flexibility index (Phi) is 12.5. The van der Waals surface area contributed by atoms with Crippen LogP contribution in [0.1, 0.15) is 44.1 Å². The highest BCUT2D eigenvalue weighted by atomic mass is 16.4. The first-order chi connectivity index (χ1) is 17.8. The molecule has 0 saturated carbocycles. The second kappa shape index (κ2) is 15.6. The van der Waals surface area contributed by atoms with Crippen molar-refractivity contribution in [2.75, 3.05) is 19.6 Å². The maximum Gasteiger partial charge on any atom is 0.326 e. The molecule has 0 spiro atoms. The van der Waals surface area contributed by atoms with Crippen molar-refractivity contribution in [3.8, 4) is 0 Å². The molecule has 1 heterocycles. The Morgan fingerprint density at radius 1 is 0.811 bits per heavy atom. The van der Waals surface area contributed by atoms with Crippen LogP contribution < -0.4 is 33.2 Å². The number of aromatic amines is 1. The van der Waals surface area contributed by atoms with Crippen molar-refractivity contribution in [1.29, 1.82) is 0 Å². The summed E-state index contributed by atoms with van der Waals surface area (Å²) in [5.41, 5.74) is 18.1. The van der Waals surface area contributed by atoms with E-state index in [-0.39, 0.29) is 19.4 Å². The number of hydrogen-bond acceptors (Lipinski definition) is 7. The molecule has 1 aromatic heterocycles. The van der Waals surface area contributed by atoms with Crippen LogP contribution in [-0.4, -0.2) is 71.5 Å². The Morgan fingerprint density at radius 3 is 1.95 bits per heavy atom. The van der Waals surface area contributed by atoms with Gasteiger partial charge in [0.25, 0.3) is 0 Å². The highest BCUT2D eigenvalue weighted by molar-refractivity contribution is 5.94. The molecule has 0 radical (unpaired) electrons. The fourth-order valence-electron chi connectivity index (χ4n) is 4.04. The molecule has 37 heavy (non-hydrogen) atoms. The molecule has 0 bridgehead atoms. The van der Waals surface area contributed by atoms with E-state index in [4.69, 9.17) is 17.2 Å². The largest absolute Gasteiger partial charge is 0.480 e. The summed E-state index contributed by atoms with van der Waals surface area (Å²) in [5.74, 6) is -2.86. The number of carbonyl (C=O) groups excluding carboxylic acids is 3. The van der Waals surface area contributed by atoms with Crippen molar-refractivity contribution in [3.05, 3.63) is 36.0 Å². The number of hydrogen-bond donors (Lipinski definition) is 8. The Balaban J connectivity index is 2.15. The van der Waals surface area contributed by atoms with Crippen LogP contribution in [0.15, 0.2) is 30.5 Å². The van der Waals surface area contributed by atoms with E-state index in [1.165, 1.54) is 0 Å². The molecule has 12 heteroatoms. The van der Waals surface area contributed by atoms with Crippen molar-refractivity contribution in [3.63, 3.8) is 0 Å². The summed E-state index contributed by atoms with van der Waals surface area (Å²) < 4.78 is 0. The summed E-state index contributed by atoms with van der Waals surface area (Å²) in [4.78, 5) is 53.2. The maximum absolute atomic E-state index is 13.2. The molecule has 2 rings (SSSR count). The van der Waals surface area contributed by atoms with Crippen LogP contribution in [0.2, 0.25) is 0 Å². The predicted octanol–water partition coefficient (Wildman–Crippen LogP) is -0.534. The van der Waals surface area contributed by atoms with E-state index in [2.05, 4.69) is 20.9 Å². The first-order valence-electron chi connectivity index (χ1n) is 12.6. The van der Waals surface area contributed by atoms with Crippen LogP contribution in [0.5, 0.6) is 0 Å². The normalized spacial score (nSPS) is 13.5. The smallest absolute Gasteiger partial charge is 0.326 e. The lowest BCUT2D eigenvalue weighted by Gasteiger charge is -2.24. The zero-order valence-electron chi connectivity index (χ0n) is 21.0. The van der Waals surface area contributed by atoms with Crippen LogP contribution in [0, 0.1) is 0 Å². The van der Waals surface area contributed by atoms with Gasteiger partial charge in [-0.3, -0.25) is 14.4 Å². The second-order valence-electron chi connectivity index (χ2n) is 8.92. The van der Waals surface area contributed by atoms with E-state index in [0.717, 1.165) is 16.5 Å². The van der Waals surface area contributed by atoms with Gasteiger partial charge in [-0.25, -0.2) is 4.79 Å². The van der Waals surface area contributed by atoms with E-state index in [1.54, 1.807) is 6.20 Å². The number of carboxylic acid groups (broad SMARTS) is 1. The topological polar surface area (TPSA) is 218 Å². The molecule has 12 nitrogen and oxygen atoms in total. The number of aromatic nitrogens is 1. The van der Waals surface area contributed by atoms with Crippen molar-refractivity contribution in [2.45, 2.75) is 63.1 Å². The fraction of sp³-hybridized carbons (Fsp3) is 0.520. The molecular formula is C25H39N7O5. The third kappa shape index (κ3) is 9.48. The number of fused-ring (bicyclic) bond motifs is 1. The van der Waals surface area contributed by atoms with Gasteiger partial charge in [0.2, 0.25) is 17.7 Å². The third-order valence-electron chi connectivity index (χ3n) is 6.08. The first kappa shape index (κ1) is 29.7. The Labute approximate surface area is 216 Å². The zero-order chi connectivity index (χ0) is 27.2. The van der Waals surface area contributed by atoms with E-state index in [0.29, 0.717) is 45.2 Å². The van der Waals surface area contributed by atoms with Gasteiger partial charge in [0.1, 0.15) is 18.1 Å². The molecule has 3 amide bonds. The summed E-state index contributed by atoms with van der Waals surface area (Å²) >= 11 is 0. The van der Waals surface area contributed by atoms with Gasteiger partial charge in [-0.05, 0) is 63.2 Å². The number of amides is 3. The molecule has 0 aliphatic rings. The van der Waals surface area contributed by atoms with Crippen molar-refractivity contribution in [2.24, 2.45) is 17.2 Å². The number of H-pyrrole nitrogens is 1. The molecule has 1 aromatic carbocycles. The van der Waals surface area contributed by atoms with Crippen molar-refractivity contribution < 1.29 is 24.3 Å². The van der Waals surface area contributed by atoms with Gasteiger partial charge in [-0.15, -0.1) is 0 Å². The zero-order valence-corrected chi connectivity index (χ0v) is 21.0. The molecule has 11 N–H and O–H groups in total. The summed E-state index contributed by atoms with van der Waals surface area (Å²) in [6.07, 6.45) is 4.79. The van der Waals surface area contributed by atoms with Crippen LogP contribution in [0.25, 0.3) is 10.9 Å². The van der Waals surface area contributed by atoms with E-state index < -0.39 is 41.8 Å². The average molecular weight is 518 g/mol. The average Bonchev–Trinajstić information content (AvgIpc) is 3.29. The summed E-state index contributed by atoms with van der Waals surface area (Å²) in [7, 11) is 0. The van der Waals surface area contributed by atoms with Gasteiger partial charge in [-0.2, -0.15) is 0 Å². The lowest BCUT2D eigenvalue weighted by Crippen LogP contribution is -2.56. The summed E-state index contributed by atoms with van der Waals surface area (Å²) in [6.45, 7) is 0.570. The van der Waals surface area contributed by atoms with Gasteiger partial charge < -0.3 is 43.2 Å². The lowest BCUT2D eigenvalue weighted by molar-refractivity contribution is -0.142. The van der Waals surface area contributed by atoms with Crippen LogP contribution >= 0.6 is 0 Å². The van der Waals surface area contributed by atoms with Gasteiger partial charge in [0.05, 0.1) is 6.54 Å². The Hall–Kier alpha value is -3.48. The minimum atomic E-state index is -1.21. The Bertz CT molecular complexity index is 1040. The van der Waals surface area contributed by atoms with Gasteiger partial charge in [0.15, 0.2) is 0 Å². The fourth-order valence-corrected chi connectivity index (χ4v) is 4.04. The number of unbranched alkanes of at least 4 members (excludes halogenated alkanes) is 2. The summed E-state index contributed by atoms with van der Waals surface area (Å²) in [5, 5.41) is 18.5. The number of carbonyl (C=O) groups is 4. The van der Waals surface area contributed by atoms with E-state index in [1.807, 2.05) is 24.3 Å². The summed E-state index contributed by atoms with van der Waals surface area (Å²) in [6, 6.07) is 4.36.